The summed E-state index contributed by atoms with van der Waals surface area (Å²) in [5.74, 6) is 0.728. The molecule has 0 bridgehead atoms. The number of amides is 1. The minimum absolute atomic E-state index is 0.103. The van der Waals surface area contributed by atoms with E-state index in [1.54, 1.807) is 12.1 Å². The van der Waals surface area contributed by atoms with Crippen LogP contribution in [0.2, 0.25) is 0 Å². The Hall–Kier alpha value is -2.23. The van der Waals surface area contributed by atoms with Gasteiger partial charge in [0, 0.05) is 30.4 Å². The van der Waals surface area contributed by atoms with E-state index in [0.29, 0.717) is 24.8 Å². The summed E-state index contributed by atoms with van der Waals surface area (Å²) in [6, 6.07) is 8.01. The van der Waals surface area contributed by atoms with Gasteiger partial charge in [0.15, 0.2) is 5.82 Å². The van der Waals surface area contributed by atoms with Crippen molar-refractivity contribution < 1.29 is 17.9 Å². The Balaban J connectivity index is 1.43. The molecule has 1 aliphatic heterocycles. The van der Waals surface area contributed by atoms with Gasteiger partial charge in [-0.3, -0.25) is 9.89 Å². The molecule has 32 heavy (non-hydrogen) atoms. The number of nitrogens with zero attached hydrogens (tertiary/aromatic N) is 2. The average Bonchev–Trinajstić information content (AvgIpc) is 3.20. The molecule has 9 heteroatoms. The molecule has 2 aromatic rings. The van der Waals surface area contributed by atoms with Crippen molar-refractivity contribution in [1.29, 1.82) is 0 Å². The quantitative estimate of drug-likeness (QED) is 0.686. The molecule has 4 rings (SSSR count). The van der Waals surface area contributed by atoms with Crippen molar-refractivity contribution in [2.75, 3.05) is 18.4 Å². The van der Waals surface area contributed by atoms with E-state index in [9.17, 15) is 13.2 Å². The summed E-state index contributed by atoms with van der Waals surface area (Å²) >= 11 is 0. The number of aromatic amines is 1. The smallest absolute Gasteiger partial charge is 0.256 e. The van der Waals surface area contributed by atoms with Crippen LogP contribution in [0.25, 0.3) is 0 Å². The summed E-state index contributed by atoms with van der Waals surface area (Å²) < 4.78 is 33.3. The van der Waals surface area contributed by atoms with Crippen molar-refractivity contribution in [1.82, 2.24) is 14.5 Å². The van der Waals surface area contributed by atoms with Crippen LogP contribution in [0.15, 0.2) is 35.2 Å². The fraction of sp³-hybridized carbons (Fsp3) is 0.565. The van der Waals surface area contributed by atoms with Crippen LogP contribution >= 0.6 is 0 Å². The Morgan fingerprint density at radius 1 is 1.16 bits per heavy atom. The third-order valence-corrected chi connectivity index (χ3v) is 8.05. The topological polar surface area (TPSA) is 104 Å². The molecular formula is C23H32N4O4S. The first-order valence-corrected chi connectivity index (χ1v) is 12.9. The third-order valence-electron chi connectivity index (χ3n) is 6.23. The monoisotopic (exact) mass is 460 g/mol. The standard InChI is InChI=1S/C23H32N4O4S/c1-16-14-27(15-17(2)31-16)32(29,30)21-10-6-9-19(12-21)23(28)24-22-13-20(25-26-22)11-18-7-4-3-5-8-18/h6,9-10,12-13,16-18H,3-5,7-8,11,14-15H2,1-2H3,(H2,24,25,26,28). The molecule has 1 amide bonds. The van der Waals surface area contributed by atoms with Crippen LogP contribution in [0.4, 0.5) is 5.82 Å². The number of anilines is 1. The van der Waals surface area contributed by atoms with Gasteiger partial charge < -0.3 is 10.1 Å². The lowest BCUT2D eigenvalue weighted by Crippen LogP contribution is -2.48. The summed E-state index contributed by atoms with van der Waals surface area (Å²) in [6.45, 7) is 4.29. The number of rotatable bonds is 6. The highest BCUT2D eigenvalue weighted by Gasteiger charge is 2.32. The van der Waals surface area contributed by atoms with Gasteiger partial charge in [0.1, 0.15) is 0 Å². The fourth-order valence-corrected chi connectivity index (χ4v) is 6.33. The Labute approximate surface area is 189 Å². The number of sulfonamides is 1. The van der Waals surface area contributed by atoms with Crippen LogP contribution in [-0.2, 0) is 21.2 Å². The molecule has 8 nitrogen and oxygen atoms in total. The zero-order valence-corrected chi connectivity index (χ0v) is 19.5. The minimum Gasteiger partial charge on any atom is -0.373 e. The Morgan fingerprint density at radius 2 is 1.88 bits per heavy atom. The van der Waals surface area contributed by atoms with Crippen LogP contribution in [0.1, 0.15) is 62.0 Å². The number of ether oxygens (including phenoxy) is 1. The van der Waals surface area contributed by atoms with Gasteiger partial charge in [-0.15, -0.1) is 0 Å². The Morgan fingerprint density at radius 3 is 2.59 bits per heavy atom. The number of carbonyl (C=O) groups excluding carboxylic acids is 1. The average molecular weight is 461 g/mol. The normalized spacial score (nSPS) is 23.2. The Kier molecular flexibility index (Phi) is 6.97. The SMILES string of the molecule is CC1CN(S(=O)(=O)c2cccc(C(=O)Nc3cc(CC4CCCCC4)[nH]n3)c2)CC(C)O1. The second kappa shape index (κ2) is 9.72. The van der Waals surface area contributed by atoms with E-state index >= 15 is 0 Å². The molecule has 2 N–H and O–H groups in total. The van der Waals surface area contributed by atoms with E-state index < -0.39 is 10.0 Å². The molecule has 1 saturated carbocycles. The highest BCUT2D eigenvalue weighted by atomic mass is 32.2. The number of morpholine rings is 1. The summed E-state index contributed by atoms with van der Waals surface area (Å²) in [6.07, 6.45) is 6.94. The predicted molar refractivity (Wildman–Crippen MR) is 122 cm³/mol. The van der Waals surface area contributed by atoms with Gasteiger partial charge in [0.25, 0.3) is 5.91 Å². The molecule has 0 radical (unpaired) electrons. The van der Waals surface area contributed by atoms with Gasteiger partial charge in [-0.1, -0.05) is 38.2 Å². The van der Waals surface area contributed by atoms with Gasteiger partial charge >= 0.3 is 0 Å². The molecular weight excluding hydrogens is 428 g/mol. The van der Waals surface area contributed by atoms with E-state index in [0.717, 1.165) is 12.1 Å². The van der Waals surface area contributed by atoms with E-state index in [-0.39, 0.29) is 28.6 Å². The molecule has 2 unspecified atom stereocenters. The maximum Gasteiger partial charge on any atom is 0.256 e. The van der Waals surface area contributed by atoms with E-state index in [1.807, 2.05) is 19.9 Å². The number of aromatic nitrogens is 2. The van der Waals surface area contributed by atoms with Gasteiger partial charge in [0.05, 0.1) is 17.1 Å². The van der Waals surface area contributed by atoms with Crippen molar-refractivity contribution >= 4 is 21.7 Å². The van der Waals surface area contributed by atoms with Gasteiger partial charge in [-0.05, 0) is 44.4 Å². The predicted octanol–water partition coefficient (Wildman–Crippen LogP) is 3.58. The van der Waals surface area contributed by atoms with Crippen molar-refractivity contribution in [2.45, 2.75) is 69.5 Å². The van der Waals surface area contributed by atoms with Crippen LogP contribution in [-0.4, -0.2) is 54.1 Å². The highest BCUT2D eigenvalue weighted by Crippen LogP contribution is 2.27. The van der Waals surface area contributed by atoms with Gasteiger partial charge in [-0.2, -0.15) is 9.40 Å². The molecule has 2 atom stereocenters. The van der Waals surface area contributed by atoms with Crippen molar-refractivity contribution in [3.63, 3.8) is 0 Å². The number of nitrogens with one attached hydrogen (secondary N) is 2. The summed E-state index contributed by atoms with van der Waals surface area (Å²) in [5.41, 5.74) is 1.29. The maximum absolute atomic E-state index is 13.1. The second-order valence-corrected chi connectivity index (χ2v) is 11.0. The first-order valence-electron chi connectivity index (χ1n) is 11.4. The van der Waals surface area contributed by atoms with Crippen molar-refractivity contribution in [3.05, 3.63) is 41.6 Å². The van der Waals surface area contributed by atoms with Crippen LogP contribution < -0.4 is 5.32 Å². The second-order valence-electron chi connectivity index (χ2n) is 9.05. The highest BCUT2D eigenvalue weighted by molar-refractivity contribution is 7.89. The summed E-state index contributed by atoms with van der Waals surface area (Å²) in [7, 11) is -3.72. The molecule has 0 spiro atoms. The van der Waals surface area contributed by atoms with Gasteiger partial charge in [0.2, 0.25) is 10.0 Å². The van der Waals surface area contributed by atoms with Crippen molar-refractivity contribution in [3.8, 4) is 0 Å². The summed E-state index contributed by atoms with van der Waals surface area (Å²) in [5, 5.41) is 10.0. The van der Waals surface area contributed by atoms with Gasteiger partial charge in [-0.25, -0.2) is 8.42 Å². The number of hydrogen-bond acceptors (Lipinski definition) is 5. The zero-order valence-electron chi connectivity index (χ0n) is 18.7. The number of H-pyrrole nitrogens is 1. The lowest BCUT2D eigenvalue weighted by Gasteiger charge is -2.34. The zero-order chi connectivity index (χ0) is 22.7. The largest absolute Gasteiger partial charge is 0.373 e. The van der Waals surface area contributed by atoms with E-state index in [4.69, 9.17) is 4.74 Å². The van der Waals surface area contributed by atoms with Crippen LogP contribution in [0.3, 0.4) is 0 Å². The van der Waals surface area contributed by atoms with Crippen LogP contribution in [0.5, 0.6) is 0 Å². The lowest BCUT2D eigenvalue weighted by molar-refractivity contribution is -0.0440. The van der Waals surface area contributed by atoms with E-state index in [1.165, 1.54) is 48.5 Å². The molecule has 2 aliphatic rings. The van der Waals surface area contributed by atoms with Crippen molar-refractivity contribution in [2.24, 2.45) is 5.92 Å². The Bertz CT molecular complexity index is 1040. The molecule has 1 aliphatic carbocycles. The number of hydrogen-bond donors (Lipinski definition) is 2. The molecule has 174 valence electrons. The molecule has 1 aromatic carbocycles. The first kappa shape index (κ1) is 22.9. The van der Waals surface area contributed by atoms with E-state index in [2.05, 4.69) is 15.5 Å². The number of carbonyl (C=O) groups is 1. The molecule has 1 aromatic heterocycles. The fourth-order valence-electron chi connectivity index (χ4n) is 4.69. The maximum atomic E-state index is 13.1. The molecule has 2 fully saturated rings. The third kappa shape index (κ3) is 5.39. The summed E-state index contributed by atoms with van der Waals surface area (Å²) in [4.78, 5) is 12.9. The molecule has 2 heterocycles. The lowest BCUT2D eigenvalue weighted by atomic mass is 9.86. The molecule has 1 saturated heterocycles. The van der Waals surface area contributed by atoms with Crippen LogP contribution in [0, 0.1) is 5.92 Å². The first-order chi connectivity index (χ1) is 15.3. The number of benzene rings is 1. The minimum atomic E-state index is -3.72.